The van der Waals surface area contributed by atoms with Gasteiger partial charge in [0.15, 0.2) is 4.34 Å². The van der Waals surface area contributed by atoms with Gasteiger partial charge in [-0.25, -0.2) is 0 Å². The molecule has 0 radical (unpaired) electrons. The van der Waals surface area contributed by atoms with Crippen LogP contribution in [0.25, 0.3) is 0 Å². The third-order valence-electron chi connectivity index (χ3n) is 5.60. The monoisotopic (exact) mass is 500 g/mol. The molecule has 1 aliphatic rings. The van der Waals surface area contributed by atoms with E-state index in [1.807, 2.05) is 12.1 Å². The van der Waals surface area contributed by atoms with Crippen LogP contribution in [-0.2, 0) is 0 Å². The fourth-order valence-electron chi connectivity index (χ4n) is 3.61. The summed E-state index contributed by atoms with van der Waals surface area (Å²) in [5.74, 6) is 1.55. The summed E-state index contributed by atoms with van der Waals surface area (Å²) in [6.45, 7) is 10.4. The molecule has 2 aromatic rings. The molecule has 184 valence electrons. The molecule has 8 heteroatoms. The summed E-state index contributed by atoms with van der Waals surface area (Å²) < 4.78 is 6.68. The second kappa shape index (κ2) is 14.3. The molecule has 1 fully saturated rings. The first-order chi connectivity index (χ1) is 16.5. The molecule has 1 aromatic carbocycles. The van der Waals surface area contributed by atoms with E-state index in [4.69, 9.17) is 4.74 Å². The van der Waals surface area contributed by atoms with E-state index in [-0.39, 0.29) is 5.91 Å². The van der Waals surface area contributed by atoms with Crippen molar-refractivity contribution in [3.05, 3.63) is 53.1 Å². The molecule has 1 amide bonds. The van der Waals surface area contributed by atoms with Crippen molar-refractivity contribution in [3.63, 3.8) is 0 Å². The molecule has 1 aliphatic heterocycles. The molecule has 2 heterocycles. The summed E-state index contributed by atoms with van der Waals surface area (Å²) in [5, 5.41) is 11.7. The minimum absolute atomic E-state index is 0.192. The van der Waals surface area contributed by atoms with Gasteiger partial charge in [0.1, 0.15) is 12.4 Å². The van der Waals surface area contributed by atoms with Crippen molar-refractivity contribution < 1.29 is 9.53 Å². The number of rotatable bonds is 12. The third-order valence-corrected chi connectivity index (χ3v) is 7.55. The van der Waals surface area contributed by atoms with E-state index in [1.165, 1.54) is 54.8 Å². The Morgan fingerprint density at radius 1 is 1.12 bits per heavy atom. The van der Waals surface area contributed by atoms with E-state index in [2.05, 4.69) is 53.3 Å². The van der Waals surface area contributed by atoms with Gasteiger partial charge in [-0.3, -0.25) is 10.1 Å². The molecule has 1 N–H and O–H groups in total. The van der Waals surface area contributed by atoms with Gasteiger partial charge in [0.2, 0.25) is 5.13 Å². The van der Waals surface area contributed by atoms with Gasteiger partial charge in [-0.05, 0) is 89.9 Å². The SMILES string of the molecule is CC(C)=CCCC(C)=CCOc1ccc(C(=O)Nc2nnc(SCCN3CCCCC3)s2)cc1. The lowest BCUT2D eigenvalue weighted by molar-refractivity contribution is 0.102. The summed E-state index contributed by atoms with van der Waals surface area (Å²) in [5.41, 5.74) is 3.23. The number of allylic oxidation sites excluding steroid dienone is 3. The average molecular weight is 501 g/mol. The lowest BCUT2D eigenvalue weighted by Crippen LogP contribution is -2.31. The zero-order valence-corrected chi connectivity index (χ0v) is 22.1. The zero-order chi connectivity index (χ0) is 24.2. The molecule has 1 saturated heterocycles. The number of thioether (sulfide) groups is 1. The van der Waals surface area contributed by atoms with Crippen LogP contribution in [0.15, 0.2) is 51.9 Å². The highest BCUT2D eigenvalue weighted by Crippen LogP contribution is 2.26. The second-order valence-electron chi connectivity index (χ2n) is 8.78. The van der Waals surface area contributed by atoms with E-state index in [0.29, 0.717) is 17.3 Å². The first-order valence-corrected chi connectivity index (χ1v) is 13.8. The van der Waals surface area contributed by atoms with Crippen LogP contribution in [0, 0.1) is 0 Å². The highest BCUT2D eigenvalue weighted by Gasteiger charge is 2.13. The van der Waals surface area contributed by atoms with E-state index >= 15 is 0 Å². The van der Waals surface area contributed by atoms with Gasteiger partial charge in [-0.15, -0.1) is 10.2 Å². The molecule has 0 aliphatic carbocycles. The number of amides is 1. The number of aromatic nitrogens is 2. The Balaban J connectivity index is 1.39. The molecule has 0 bridgehead atoms. The van der Waals surface area contributed by atoms with E-state index in [1.54, 1.807) is 23.9 Å². The van der Waals surface area contributed by atoms with Crippen LogP contribution in [0.5, 0.6) is 5.75 Å². The van der Waals surface area contributed by atoms with Crippen LogP contribution in [-0.4, -0.2) is 53.0 Å². The van der Waals surface area contributed by atoms with Crippen LogP contribution in [0.3, 0.4) is 0 Å². The van der Waals surface area contributed by atoms with E-state index in [0.717, 1.165) is 35.2 Å². The minimum atomic E-state index is -0.192. The predicted molar refractivity (Wildman–Crippen MR) is 143 cm³/mol. The lowest BCUT2D eigenvalue weighted by atomic mass is 10.1. The van der Waals surface area contributed by atoms with Gasteiger partial charge in [-0.1, -0.05) is 46.7 Å². The van der Waals surface area contributed by atoms with Crippen molar-refractivity contribution in [2.24, 2.45) is 0 Å². The smallest absolute Gasteiger partial charge is 0.257 e. The Morgan fingerprint density at radius 3 is 2.62 bits per heavy atom. The summed E-state index contributed by atoms with van der Waals surface area (Å²) in [4.78, 5) is 15.1. The second-order valence-corrected chi connectivity index (χ2v) is 11.1. The molecule has 1 aromatic heterocycles. The van der Waals surface area contributed by atoms with Crippen LogP contribution < -0.4 is 10.1 Å². The fourth-order valence-corrected chi connectivity index (χ4v) is 5.42. The molecule has 0 atom stereocenters. The summed E-state index contributed by atoms with van der Waals surface area (Å²) in [7, 11) is 0. The average Bonchev–Trinajstić information content (AvgIpc) is 3.27. The first kappa shape index (κ1) is 26.4. The van der Waals surface area contributed by atoms with Crippen LogP contribution in [0.2, 0.25) is 0 Å². The number of hydrogen-bond acceptors (Lipinski definition) is 7. The number of hydrogen-bond donors (Lipinski definition) is 1. The number of carbonyl (C=O) groups is 1. The van der Waals surface area contributed by atoms with Gasteiger partial charge >= 0.3 is 0 Å². The Hall–Kier alpha value is -2.16. The van der Waals surface area contributed by atoms with Crippen molar-refractivity contribution >= 4 is 34.1 Å². The first-order valence-electron chi connectivity index (χ1n) is 12.0. The Labute approximate surface area is 211 Å². The number of anilines is 1. The van der Waals surface area contributed by atoms with Gasteiger partial charge in [0.25, 0.3) is 5.91 Å². The zero-order valence-electron chi connectivity index (χ0n) is 20.5. The fraction of sp³-hybridized carbons (Fsp3) is 0.500. The standard InChI is InChI=1S/C26H36N4O2S2/c1-20(2)8-7-9-21(3)14-18-32-23-12-10-22(11-13-23)24(31)27-25-28-29-26(34-25)33-19-17-30-15-5-4-6-16-30/h8,10-14H,4-7,9,15-19H2,1-3H3,(H,27,28,31). The number of nitrogens with zero attached hydrogens (tertiary/aromatic N) is 3. The molecule has 0 unspecified atom stereocenters. The Morgan fingerprint density at radius 2 is 1.88 bits per heavy atom. The van der Waals surface area contributed by atoms with Crippen molar-refractivity contribution in [2.75, 3.05) is 37.3 Å². The lowest BCUT2D eigenvalue weighted by Gasteiger charge is -2.25. The Bertz CT molecular complexity index is 959. The van der Waals surface area contributed by atoms with E-state index in [9.17, 15) is 4.79 Å². The quantitative estimate of drug-likeness (QED) is 0.205. The molecule has 3 rings (SSSR count). The number of benzene rings is 1. The third kappa shape index (κ3) is 9.60. The highest BCUT2D eigenvalue weighted by molar-refractivity contribution is 8.01. The maximum absolute atomic E-state index is 12.6. The number of piperidine rings is 1. The van der Waals surface area contributed by atoms with Gasteiger partial charge in [0, 0.05) is 17.9 Å². The normalized spacial score (nSPS) is 14.6. The molecule has 6 nitrogen and oxygen atoms in total. The van der Waals surface area contributed by atoms with Crippen LogP contribution in [0.1, 0.15) is 63.2 Å². The van der Waals surface area contributed by atoms with Crippen LogP contribution >= 0.6 is 23.1 Å². The van der Waals surface area contributed by atoms with Crippen LogP contribution in [0.4, 0.5) is 5.13 Å². The maximum atomic E-state index is 12.6. The Kier molecular flexibility index (Phi) is 11.1. The van der Waals surface area contributed by atoms with Crippen molar-refractivity contribution in [2.45, 2.75) is 57.2 Å². The maximum Gasteiger partial charge on any atom is 0.257 e. The molecular weight excluding hydrogens is 464 g/mol. The number of nitrogens with one attached hydrogen (secondary N) is 1. The minimum Gasteiger partial charge on any atom is -0.490 e. The number of carbonyl (C=O) groups excluding carboxylic acids is 1. The predicted octanol–water partition coefficient (Wildman–Crippen LogP) is 6.44. The van der Waals surface area contributed by atoms with Crippen molar-refractivity contribution in [1.82, 2.24) is 15.1 Å². The van der Waals surface area contributed by atoms with E-state index < -0.39 is 0 Å². The summed E-state index contributed by atoms with van der Waals surface area (Å²) in [6, 6.07) is 7.18. The molecule has 0 spiro atoms. The largest absolute Gasteiger partial charge is 0.490 e. The molecular formula is C26H36N4O2S2. The number of likely N-dealkylation sites (tertiary alicyclic amines) is 1. The van der Waals surface area contributed by atoms with Gasteiger partial charge < -0.3 is 9.64 Å². The summed E-state index contributed by atoms with van der Waals surface area (Å²) in [6.07, 6.45) is 10.4. The number of ether oxygens (including phenoxy) is 1. The molecule has 34 heavy (non-hydrogen) atoms. The van der Waals surface area contributed by atoms with Crippen molar-refractivity contribution in [1.29, 1.82) is 0 Å². The summed E-state index contributed by atoms with van der Waals surface area (Å²) >= 11 is 3.12. The molecule has 0 saturated carbocycles. The van der Waals surface area contributed by atoms with Crippen molar-refractivity contribution in [3.8, 4) is 5.75 Å². The van der Waals surface area contributed by atoms with Gasteiger partial charge in [-0.2, -0.15) is 0 Å². The highest BCUT2D eigenvalue weighted by atomic mass is 32.2. The topological polar surface area (TPSA) is 67.3 Å². The van der Waals surface area contributed by atoms with Gasteiger partial charge in [0.05, 0.1) is 0 Å².